The summed E-state index contributed by atoms with van der Waals surface area (Å²) in [6.45, 7) is 5.63. The number of thiol groups is 1. The van der Waals surface area contributed by atoms with E-state index in [4.69, 9.17) is 9.05 Å². The van der Waals surface area contributed by atoms with Crippen LogP contribution in [0.5, 0.6) is 0 Å². The highest BCUT2D eigenvalue weighted by Crippen LogP contribution is 2.42. The lowest BCUT2D eigenvalue weighted by atomic mass is 10.5. The van der Waals surface area contributed by atoms with E-state index < -0.39 is 7.58 Å². The quantitative estimate of drug-likeness (QED) is 0.503. The van der Waals surface area contributed by atoms with Crippen molar-refractivity contribution >= 4 is 19.8 Å². The van der Waals surface area contributed by atoms with E-state index in [2.05, 4.69) is 26.1 Å². The van der Waals surface area contributed by atoms with Gasteiger partial charge in [-0.05, 0) is 12.8 Å². The van der Waals surface area contributed by atoms with E-state index in [1.807, 2.05) is 0 Å². The Hall–Kier alpha value is 0.700. The van der Waals surface area contributed by atoms with E-state index in [0.29, 0.717) is 0 Å². The summed E-state index contributed by atoms with van der Waals surface area (Å²) in [5.41, 5.74) is 0. The van der Waals surface area contributed by atoms with Crippen LogP contribution in [0.25, 0.3) is 0 Å². The molecule has 0 N–H and O–H groups in total. The molecule has 0 saturated carbocycles. The van der Waals surface area contributed by atoms with Crippen LogP contribution in [0.15, 0.2) is 0 Å². The Labute approximate surface area is 69.4 Å². The summed E-state index contributed by atoms with van der Waals surface area (Å²) in [5, 5.41) is 0. The van der Waals surface area contributed by atoms with Gasteiger partial charge in [-0.3, -0.25) is 0 Å². The Bertz CT molecular complexity index is 64.8. The number of hydrogen-bond donors (Lipinski definition) is 1. The molecule has 0 aliphatic carbocycles. The maximum absolute atomic E-state index is 5.20. The van der Waals surface area contributed by atoms with Gasteiger partial charge in [0.25, 0.3) is 0 Å². The van der Waals surface area contributed by atoms with Crippen LogP contribution in [0.3, 0.4) is 0 Å². The largest absolute Gasteiger partial charge is 0.326 e. The molecule has 2 nitrogen and oxygen atoms in total. The van der Waals surface area contributed by atoms with Crippen LogP contribution in [-0.4, -0.2) is 13.2 Å². The van der Waals surface area contributed by atoms with Crippen LogP contribution in [0.4, 0.5) is 0 Å². The molecular formula is C6H15O2PS. The second-order valence-corrected chi connectivity index (χ2v) is 3.88. The van der Waals surface area contributed by atoms with Gasteiger partial charge in [-0.2, -0.15) is 0 Å². The maximum atomic E-state index is 5.20. The van der Waals surface area contributed by atoms with E-state index in [-0.39, 0.29) is 0 Å². The van der Waals surface area contributed by atoms with Crippen molar-refractivity contribution in [1.29, 1.82) is 0 Å². The molecule has 0 heterocycles. The molecule has 0 unspecified atom stereocenters. The first-order chi connectivity index (χ1) is 4.81. The summed E-state index contributed by atoms with van der Waals surface area (Å²) < 4.78 is 10.4. The summed E-state index contributed by atoms with van der Waals surface area (Å²) in [7, 11) is -0.898. The Balaban J connectivity index is 3.00. The molecule has 0 aromatic rings. The van der Waals surface area contributed by atoms with Gasteiger partial charge in [0.1, 0.15) is 0 Å². The first kappa shape index (κ1) is 10.7. The minimum Gasteiger partial charge on any atom is -0.326 e. The Morgan fingerprint density at radius 1 is 1.10 bits per heavy atom. The lowest BCUT2D eigenvalue weighted by Gasteiger charge is -2.09. The minimum absolute atomic E-state index is 0.749. The summed E-state index contributed by atoms with van der Waals surface area (Å²) >= 11 is 4.12. The van der Waals surface area contributed by atoms with E-state index in [1.54, 1.807) is 0 Å². The first-order valence-corrected chi connectivity index (χ1v) is 5.89. The molecule has 0 atom stereocenters. The molecule has 0 rings (SSSR count). The Morgan fingerprint density at radius 3 is 1.80 bits per heavy atom. The van der Waals surface area contributed by atoms with Gasteiger partial charge in [-0.15, -0.1) is 0 Å². The van der Waals surface area contributed by atoms with Crippen molar-refractivity contribution < 1.29 is 9.05 Å². The molecule has 62 valence electrons. The smallest absolute Gasteiger partial charge is 0.234 e. The van der Waals surface area contributed by atoms with Crippen molar-refractivity contribution in [1.82, 2.24) is 0 Å². The van der Waals surface area contributed by atoms with Gasteiger partial charge >= 0.3 is 0 Å². The second kappa shape index (κ2) is 7.80. The summed E-state index contributed by atoms with van der Waals surface area (Å²) in [6, 6.07) is 0. The molecule has 0 fully saturated rings. The van der Waals surface area contributed by atoms with E-state index in [1.165, 1.54) is 0 Å². The molecular weight excluding hydrogens is 167 g/mol. The van der Waals surface area contributed by atoms with Crippen molar-refractivity contribution in [3.63, 3.8) is 0 Å². The number of rotatable bonds is 6. The van der Waals surface area contributed by atoms with Crippen LogP contribution >= 0.6 is 19.8 Å². The monoisotopic (exact) mass is 182 g/mol. The van der Waals surface area contributed by atoms with Crippen molar-refractivity contribution in [2.45, 2.75) is 26.7 Å². The average molecular weight is 182 g/mol. The fraction of sp³-hybridized carbons (Fsp3) is 1.00. The highest BCUT2D eigenvalue weighted by atomic mass is 32.7. The van der Waals surface area contributed by atoms with Gasteiger partial charge in [0.15, 0.2) is 0 Å². The van der Waals surface area contributed by atoms with Crippen molar-refractivity contribution in [2.75, 3.05) is 13.2 Å². The third kappa shape index (κ3) is 6.81. The minimum atomic E-state index is -0.898. The summed E-state index contributed by atoms with van der Waals surface area (Å²) in [4.78, 5) is 0. The maximum Gasteiger partial charge on any atom is 0.234 e. The van der Waals surface area contributed by atoms with Gasteiger partial charge in [-0.25, -0.2) is 0 Å². The fourth-order valence-corrected chi connectivity index (χ4v) is 1.62. The van der Waals surface area contributed by atoms with Gasteiger partial charge < -0.3 is 9.05 Å². The molecule has 0 radical (unpaired) electrons. The molecule has 0 aromatic heterocycles. The van der Waals surface area contributed by atoms with Gasteiger partial charge in [0, 0.05) is 0 Å². The first-order valence-electron chi connectivity index (χ1n) is 3.56. The molecule has 0 aliphatic rings. The molecule has 0 saturated heterocycles. The molecule has 4 heteroatoms. The molecule has 0 aromatic carbocycles. The zero-order chi connectivity index (χ0) is 7.82. The predicted octanol–water partition coefficient (Wildman–Crippen LogP) is 3.00. The standard InChI is InChI=1S/C6H15O2PS/c1-3-5-7-9(10)8-6-4-2/h10H,3-6H2,1-2H3. The third-order valence-corrected chi connectivity index (χ3v) is 2.31. The molecule has 0 bridgehead atoms. The zero-order valence-electron chi connectivity index (χ0n) is 6.54. The molecule has 0 aliphatic heterocycles. The average Bonchev–Trinajstić information content (AvgIpc) is 1.97. The van der Waals surface area contributed by atoms with Gasteiger partial charge in [0.05, 0.1) is 13.2 Å². The fourth-order valence-electron chi connectivity index (χ4n) is 0.376. The molecule has 10 heavy (non-hydrogen) atoms. The van der Waals surface area contributed by atoms with Crippen LogP contribution in [0.1, 0.15) is 26.7 Å². The van der Waals surface area contributed by atoms with Gasteiger partial charge in [-0.1, -0.05) is 26.1 Å². The van der Waals surface area contributed by atoms with E-state index in [9.17, 15) is 0 Å². The highest BCUT2D eigenvalue weighted by molar-refractivity contribution is 8.41. The van der Waals surface area contributed by atoms with Gasteiger partial charge in [0.2, 0.25) is 7.58 Å². The third-order valence-electron chi connectivity index (χ3n) is 0.812. The second-order valence-electron chi connectivity index (χ2n) is 1.90. The molecule has 0 spiro atoms. The normalized spacial score (nSPS) is 10.8. The van der Waals surface area contributed by atoms with Crippen LogP contribution in [0, 0.1) is 0 Å². The Morgan fingerprint density at radius 2 is 1.50 bits per heavy atom. The van der Waals surface area contributed by atoms with Crippen molar-refractivity contribution in [2.24, 2.45) is 0 Å². The highest BCUT2D eigenvalue weighted by Gasteiger charge is 2.00. The number of hydrogen-bond acceptors (Lipinski definition) is 3. The lowest BCUT2D eigenvalue weighted by Crippen LogP contribution is -1.89. The van der Waals surface area contributed by atoms with Crippen molar-refractivity contribution in [3.05, 3.63) is 0 Å². The SMILES string of the molecule is CCCOP(S)OCCC. The van der Waals surface area contributed by atoms with E-state index >= 15 is 0 Å². The van der Waals surface area contributed by atoms with Crippen LogP contribution in [-0.2, 0) is 9.05 Å². The summed E-state index contributed by atoms with van der Waals surface area (Å²) in [6.07, 6.45) is 2.05. The lowest BCUT2D eigenvalue weighted by molar-refractivity contribution is 0.262. The molecule has 0 amide bonds. The van der Waals surface area contributed by atoms with Crippen molar-refractivity contribution in [3.8, 4) is 0 Å². The topological polar surface area (TPSA) is 18.5 Å². The van der Waals surface area contributed by atoms with E-state index in [0.717, 1.165) is 26.1 Å². The predicted molar refractivity (Wildman–Crippen MR) is 48.4 cm³/mol. The zero-order valence-corrected chi connectivity index (χ0v) is 8.33. The van der Waals surface area contributed by atoms with Crippen LogP contribution in [0.2, 0.25) is 0 Å². The van der Waals surface area contributed by atoms with Crippen LogP contribution < -0.4 is 0 Å². The summed E-state index contributed by atoms with van der Waals surface area (Å²) in [5.74, 6) is 0. The Kier molecular flexibility index (Phi) is 8.35.